The van der Waals surface area contributed by atoms with Crippen LogP contribution in [0.5, 0.6) is 5.88 Å². The SMILES string of the molecule is COc1ncnc(C2CC2)c1-c1ncnc(N(Cc2ccc(-c3nc(C(F)(F)F)cn3C(C)C)cc2)C2CCOC2)n1. The van der Waals surface area contributed by atoms with Crippen molar-refractivity contribution in [3.8, 4) is 28.7 Å². The fourth-order valence-electron chi connectivity index (χ4n) is 5.18. The molecular weight excluding hydrogens is 549 g/mol. The molecule has 0 amide bonds. The molecule has 1 aromatic carbocycles. The zero-order valence-electron chi connectivity index (χ0n) is 23.5. The molecule has 10 nitrogen and oxygen atoms in total. The number of imidazole rings is 1. The Morgan fingerprint density at radius 3 is 2.43 bits per heavy atom. The van der Waals surface area contributed by atoms with E-state index in [4.69, 9.17) is 14.5 Å². The van der Waals surface area contributed by atoms with Crippen LogP contribution in [-0.2, 0) is 17.5 Å². The molecule has 4 heterocycles. The van der Waals surface area contributed by atoms with E-state index in [9.17, 15) is 13.2 Å². The zero-order chi connectivity index (χ0) is 29.4. The van der Waals surface area contributed by atoms with Crippen LogP contribution in [0.1, 0.15) is 62.0 Å². The minimum absolute atomic E-state index is 0.0333. The average Bonchev–Trinajstić information content (AvgIpc) is 3.47. The van der Waals surface area contributed by atoms with Crippen LogP contribution < -0.4 is 9.64 Å². The summed E-state index contributed by atoms with van der Waals surface area (Å²) < 4.78 is 53.0. The zero-order valence-corrected chi connectivity index (χ0v) is 23.5. The first kappa shape index (κ1) is 28.0. The highest BCUT2D eigenvalue weighted by molar-refractivity contribution is 5.66. The Kier molecular flexibility index (Phi) is 7.52. The molecule has 1 saturated carbocycles. The molecule has 0 N–H and O–H groups in total. The van der Waals surface area contributed by atoms with E-state index in [0.29, 0.717) is 54.5 Å². The number of rotatable bonds is 9. The molecule has 220 valence electrons. The number of aromatic nitrogens is 7. The monoisotopic (exact) mass is 580 g/mol. The minimum atomic E-state index is -4.52. The van der Waals surface area contributed by atoms with Gasteiger partial charge < -0.3 is 18.9 Å². The van der Waals surface area contributed by atoms with E-state index in [1.807, 2.05) is 26.0 Å². The van der Waals surface area contributed by atoms with Crippen LogP contribution in [0.2, 0.25) is 0 Å². The molecule has 1 aliphatic carbocycles. The van der Waals surface area contributed by atoms with E-state index in [1.54, 1.807) is 23.8 Å². The largest absolute Gasteiger partial charge is 0.480 e. The van der Waals surface area contributed by atoms with Crippen molar-refractivity contribution in [2.24, 2.45) is 0 Å². The summed E-state index contributed by atoms with van der Waals surface area (Å²) in [6.07, 6.45) is 2.42. The van der Waals surface area contributed by atoms with Crippen molar-refractivity contribution in [3.05, 3.63) is 60.1 Å². The number of ether oxygens (including phenoxy) is 2. The van der Waals surface area contributed by atoms with Gasteiger partial charge in [0.05, 0.1) is 25.5 Å². The second-order valence-electron chi connectivity index (χ2n) is 10.8. The third-order valence-corrected chi connectivity index (χ3v) is 7.53. The van der Waals surface area contributed by atoms with Gasteiger partial charge in [-0.1, -0.05) is 24.3 Å². The Morgan fingerprint density at radius 1 is 1.02 bits per heavy atom. The van der Waals surface area contributed by atoms with E-state index < -0.39 is 11.9 Å². The first-order valence-corrected chi connectivity index (χ1v) is 13.9. The van der Waals surface area contributed by atoms with Gasteiger partial charge in [-0.25, -0.2) is 24.9 Å². The summed E-state index contributed by atoms with van der Waals surface area (Å²) in [4.78, 5) is 28.6. The van der Waals surface area contributed by atoms with Crippen molar-refractivity contribution in [2.45, 2.75) is 63.8 Å². The highest BCUT2D eigenvalue weighted by Gasteiger charge is 2.35. The quantitative estimate of drug-likeness (QED) is 0.255. The molecule has 13 heteroatoms. The van der Waals surface area contributed by atoms with Gasteiger partial charge in [0.15, 0.2) is 11.5 Å². The Labute approximate surface area is 241 Å². The summed E-state index contributed by atoms with van der Waals surface area (Å²) in [6, 6.07) is 7.23. The standard InChI is InChI=1S/C29H31F3N8O2/c1-17(2)39-13-22(29(30,31)32)37-26(39)20-6-4-18(5-7-20)12-40(21-10-11-42-14-21)28-36-16-34-25(38-28)23-24(19-8-9-19)33-15-35-27(23)41-3/h4-7,13,15-17,19,21H,8-12,14H2,1-3H3. The lowest BCUT2D eigenvalue weighted by Crippen LogP contribution is -2.36. The van der Waals surface area contributed by atoms with Crippen molar-refractivity contribution >= 4 is 5.95 Å². The molecular formula is C29H31F3N8O2. The van der Waals surface area contributed by atoms with Crippen LogP contribution in [-0.4, -0.2) is 60.8 Å². The number of halogens is 3. The highest BCUT2D eigenvalue weighted by atomic mass is 19.4. The van der Waals surface area contributed by atoms with Crippen LogP contribution in [0.25, 0.3) is 22.8 Å². The first-order chi connectivity index (χ1) is 20.2. The second-order valence-corrected chi connectivity index (χ2v) is 10.8. The topological polar surface area (TPSA) is 104 Å². The van der Waals surface area contributed by atoms with E-state index in [0.717, 1.165) is 36.7 Å². The fraction of sp³-hybridized carbons (Fsp3) is 0.448. The van der Waals surface area contributed by atoms with Crippen LogP contribution in [0.3, 0.4) is 0 Å². The molecule has 1 atom stereocenters. The third-order valence-electron chi connectivity index (χ3n) is 7.53. The molecule has 42 heavy (non-hydrogen) atoms. The van der Waals surface area contributed by atoms with Gasteiger partial charge in [0.1, 0.15) is 24.0 Å². The van der Waals surface area contributed by atoms with Gasteiger partial charge in [0, 0.05) is 36.9 Å². The van der Waals surface area contributed by atoms with E-state index in [-0.39, 0.29) is 17.9 Å². The van der Waals surface area contributed by atoms with Gasteiger partial charge >= 0.3 is 6.18 Å². The molecule has 1 unspecified atom stereocenters. The van der Waals surface area contributed by atoms with Crippen molar-refractivity contribution in [1.29, 1.82) is 0 Å². The number of hydrogen-bond acceptors (Lipinski definition) is 9. The lowest BCUT2D eigenvalue weighted by atomic mass is 10.1. The van der Waals surface area contributed by atoms with Crippen LogP contribution in [0.4, 0.5) is 19.1 Å². The fourth-order valence-corrected chi connectivity index (χ4v) is 5.18. The molecule has 2 aliphatic rings. The van der Waals surface area contributed by atoms with Gasteiger partial charge in [-0.3, -0.25) is 0 Å². The summed E-state index contributed by atoms with van der Waals surface area (Å²) in [6.45, 7) is 5.27. The number of anilines is 1. The summed E-state index contributed by atoms with van der Waals surface area (Å²) in [5, 5.41) is 0. The van der Waals surface area contributed by atoms with Gasteiger partial charge in [0.2, 0.25) is 11.8 Å². The van der Waals surface area contributed by atoms with Gasteiger partial charge in [0.25, 0.3) is 0 Å². The lowest BCUT2D eigenvalue weighted by molar-refractivity contribution is -0.140. The van der Waals surface area contributed by atoms with Crippen molar-refractivity contribution in [3.63, 3.8) is 0 Å². The van der Waals surface area contributed by atoms with Crippen LogP contribution in [0, 0.1) is 0 Å². The van der Waals surface area contributed by atoms with Crippen molar-refractivity contribution in [1.82, 2.24) is 34.5 Å². The normalized spacial score (nSPS) is 17.2. The predicted molar refractivity (Wildman–Crippen MR) is 148 cm³/mol. The van der Waals surface area contributed by atoms with Crippen LogP contribution >= 0.6 is 0 Å². The average molecular weight is 581 g/mol. The summed E-state index contributed by atoms with van der Waals surface area (Å²) in [5.41, 5.74) is 2.19. The lowest BCUT2D eigenvalue weighted by Gasteiger charge is -2.28. The van der Waals surface area contributed by atoms with Gasteiger partial charge in [-0.05, 0) is 38.7 Å². The van der Waals surface area contributed by atoms with Gasteiger partial charge in [-0.2, -0.15) is 18.2 Å². The van der Waals surface area contributed by atoms with Gasteiger partial charge in [-0.15, -0.1) is 0 Å². The molecule has 0 radical (unpaired) electrons. The second kappa shape index (κ2) is 11.3. The maximum atomic E-state index is 13.4. The van der Waals surface area contributed by atoms with E-state index in [2.05, 4.69) is 29.8 Å². The molecule has 2 fully saturated rings. The molecule has 4 aromatic rings. The number of nitrogens with zero attached hydrogens (tertiary/aromatic N) is 8. The molecule has 6 rings (SSSR count). The summed E-state index contributed by atoms with van der Waals surface area (Å²) in [7, 11) is 1.56. The first-order valence-electron chi connectivity index (χ1n) is 13.9. The number of benzene rings is 1. The third kappa shape index (κ3) is 5.65. The molecule has 0 bridgehead atoms. The van der Waals surface area contributed by atoms with E-state index in [1.165, 1.54) is 12.7 Å². The maximum Gasteiger partial charge on any atom is 0.434 e. The van der Waals surface area contributed by atoms with Crippen LogP contribution in [0.15, 0.2) is 43.1 Å². The number of alkyl halides is 3. The highest BCUT2D eigenvalue weighted by Crippen LogP contribution is 2.45. The number of hydrogen-bond donors (Lipinski definition) is 0. The molecule has 1 saturated heterocycles. The maximum absolute atomic E-state index is 13.4. The molecule has 3 aromatic heterocycles. The Balaban J connectivity index is 1.32. The Hall–Kier alpha value is -4.13. The summed E-state index contributed by atoms with van der Waals surface area (Å²) in [5.74, 6) is 1.95. The Morgan fingerprint density at radius 2 is 1.79 bits per heavy atom. The summed E-state index contributed by atoms with van der Waals surface area (Å²) >= 11 is 0. The minimum Gasteiger partial charge on any atom is -0.480 e. The number of methoxy groups -OCH3 is 1. The predicted octanol–water partition coefficient (Wildman–Crippen LogP) is 5.47. The smallest absolute Gasteiger partial charge is 0.434 e. The van der Waals surface area contributed by atoms with E-state index >= 15 is 0 Å². The Bertz CT molecular complexity index is 1550. The molecule has 1 aliphatic heterocycles. The van der Waals surface area contributed by atoms with Crippen molar-refractivity contribution in [2.75, 3.05) is 25.2 Å². The molecule has 0 spiro atoms. The van der Waals surface area contributed by atoms with Crippen molar-refractivity contribution < 1.29 is 22.6 Å².